The number of benzene rings is 2. The zero-order valence-electron chi connectivity index (χ0n) is 16.0. The third kappa shape index (κ3) is 4.88. The van der Waals surface area contributed by atoms with Gasteiger partial charge in [0.2, 0.25) is 5.91 Å². The molecule has 1 atom stereocenters. The van der Waals surface area contributed by atoms with E-state index >= 15 is 0 Å². The first-order valence-electron chi connectivity index (χ1n) is 9.61. The Hall–Kier alpha value is -2.82. The molecular weight excluding hydrogens is 338 g/mol. The molecule has 3 aromatic rings. The number of aryl methyl sites for hydroxylation is 1. The number of hydrogen-bond donors (Lipinski definition) is 1. The smallest absolute Gasteiger partial charge is 0.220 e. The van der Waals surface area contributed by atoms with E-state index in [0.29, 0.717) is 13.0 Å². The first-order valence-corrected chi connectivity index (χ1v) is 9.61. The van der Waals surface area contributed by atoms with Crippen molar-refractivity contribution in [2.45, 2.75) is 45.7 Å². The van der Waals surface area contributed by atoms with E-state index in [0.717, 1.165) is 42.0 Å². The van der Waals surface area contributed by atoms with Gasteiger partial charge in [0.05, 0.1) is 23.7 Å². The van der Waals surface area contributed by atoms with Gasteiger partial charge in [-0.05, 0) is 44.0 Å². The summed E-state index contributed by atoms with van der Waals surface area (Å²) < 4.78 is 8.00. The summed E-state index contributed by atoms with van der Waals surface area (Å²) in [6.45, 7) is 5.38. The maximum absolute atomic E-state index is 11.8. The van der Waals surface area contributed by atoms with Gasteiger partial charge >= 0.3 is 0 Å². The SMILES string of the molecule is CCC(=O)NC(C)c1nc2ccccc2n1CCCCOc1ccccc1. The minimum atomic E-state index is -0.120. The van der Waals surface area contributed by atoms with E-state index < -0.39 is 0 Å². The van der Waals surface area contributed by atoms with Crippen LogP contribution in [-0.2, 0) is 11.3 Å². The number of nitrogens with zero attached hydrogens (tertiary/aromatic N) is 2. The van der Waals surface area contributed by atoms with Gasteiger partial charge in [-0.3, -0.25) is 4.79 Å². The fourth-order valence-electron chi connectivity index (χ4n) is 3.15. The lowest BCUT2D eigenvalue weighted by Crippen LogP contribution is -2.28. The Kier molecular flexibility index (Phi) is 6.47. The molecule has 0 aliphatic carbocycles. The summed E-state index contributed by atoms with van der Waals surface area (Å²) in [4.78, 5) is 16.6. The van der Waals surface area contributed by atoms with Crippen molar-refractivity contribution < 1.29 is 9.53 Å². The Bertz CT molecular complexity index is 874. The largest absolute Gasteiger partial charge is 0.494 e. The van der Waals surface area contributed by atoms with Crippen molar-refractivity contribution in [2.24, 2.45) is 0 Å². The van der Waals surface area contributed by atoms with Crippen LogP contribution in [0.5, 0.6) is 5.75 Å². The Morgan fingerprint density at radius 3 is 2.63 bits per heavy atom. The number of para-hydroxylation sites is 3. The third-order valence-corrected chi connectivity index (χ3v) is 4.56. The number of carbonyl (C=O) groups is 1. The van der Waals surface area contributed by atoms with Crippen LogP contribution >= 0.6 is 0 Å². The van der Waals surface area contributed by atoms with Gasteiger partial charge in [0, 0.05) is 13.0 Å². The van der Waals surface area contributed by atoms with Gasteiger partial charge in [-0.25, -0.2) is 4.98 Å². The number of aromatic nitrogens is 2. The lowest BCUT2D eigenvalue weighted by Gasteiger charge is -2.16. The van der Waals surface area contributed by atoms with Crippen LogP contribution in [0.3, 0.4) is 0 Å². The predicted molar refractivity (Wildman–Crippen MR) is 108 cm³/mol. The number of rotatable bonds is 9. The highest BCUT2D eigenvalue weighted by molar-refractivity contribution is 5.77. The standard InChI is InChI=1S/C22H27N3O2/c1-3-21(26)23-17(2)22-24-19-13-7-8-14-20(19)25(22)15-9-10-16-27-18-11-5-4-6-12-18/h4-8,11-14,17H,3,9-10,15-16H2,1-2H3,(H,23,26). The van der Waals surface area contributed by atoms with Crippen LogP contribution in [0.1, 0.15) is 45.0 Å². The monoisotopic (exact) mass is 365 g/mol. The number of nitrogens with one attached hydrogen (secondary N) is 1. The fourth-order valence-corrected chi connectivity index (χ4v) is 3.15. The summed E-state index contributed by atoms with van der Waals surface area (Å²) in [5.74, 6) is 1.85. The molecule has 1 unspecified atom stereocenters. The summed E-state index contributed by atoms with van der Waals surface area (Å²) in [5.41, 5.74) is 2.07. The molecule has 0 radical (unpaired) electrons. The van der Waals surface area contributed by atoms with Crippen molar-refractivity contribution in [3.05, 3.63) is 60.4 Å². The van der Waals surface area contributed by atoms with E-state index in [2.05, 4.69) is 16.0 Å². The van der Waals surface area contributed by atoms with Crippen molar-refractivity contribution in [3.8, 4) is 5.75 Å². The summed E-state index contributed by atoms with van der Waals surface area (Å²) in [6.07, 6.45) is 2.41. The molecule has 142 valence electrons. The van der Waals surface area contributed by atoms with Crippen LogP contribution < -0.4 is 10.1 Å². The van der Waals surface area contributed by atoms with E-state index in [9.17, 15) is 4.79 Å². The molecule has 0 aliphatic heterocycles. The normalized spacial score (nSPS) is 12.1. The molecule has 1 heterocycles. The van der Waals surface area contributed by atoms with Crippen molar-refractivity contribution >= 4 is 16.9 Å². The fraction of sp³-hybridized carbons (Fsp3) is 0.364. The number of hydrogen-bond acceptors (Lipinski definition) is 3. The highest BCUT2D eigenvalue weighted by Gasteiger charge is 2.17. The van der Waals surface area contributed by atoms with E-state index in [-0.39, 0.29) is 11.9 Å². The lowest BCUT2D eigenvalue weighted by atomic mass is 10.2. The van der Waals surface area contributed by atoms with Gasteiger partial charge in [0.15, 0.2) is 0 Å². The molecule has 3 rings (SSSR count). The summed E-state index contributed by atoms with van der Waals surface area (Å²) >= 11 is 0. The Balaban J connectivity index is 1.65. The van der Waals surface area contributed by atoms with Crippen LogP contribution in [-0.4, -0.2) is 22.1 Å². The van der Waals surface area contributed by atoms with Gasteiger partial charge in [0.25, 0.3) is 0 Å². The first-order chi connectivity index (χ1) is 13.2. The molecule has 1 amide bonds. The van der Waals surface area contributed by atoms with Crippen molar-refractivity contribution in [3.63, 3.8) is 0 Å². The van der Waals surface area contributed by atoms with Gasteiger partial charge < -0.3 is 14.6 Å². The molecule has 0 saturated carbocycles. The van der Waals surface area contributed by atoms with Crippen molar-refractivity contribution in [2.75, 3.05) is 6.61 Å². The minimum absolute atomic E-state index is 0.0392. The van der Waals surface area contributed by atoms with E-state index in [1.54, 1.807) is 0 Å². The van der Waals surface area contributed by atoms with Crippen LogP contribution in [0.25, 0.3) is 11.0 Å². The summed E-state index contributed by atoms with van der Waals surface area (Å²) in [5, 5.41) is 3.02. The first kappa shape index (κ1) is 19.0. The van der Waals surface area contributed by atoms with Gasteiger partial charge in [-0.15, -0.1) is 0 Å². The minimum Gasteiger partial charge on any atom is -0.494 e. The highest BCUT2D eigenvalue weighted by atomic mass is 16.5. The Morgan fingerprint density at radius 1 is 1.11 bits per heavy atom. The van der Waals surface area contributed by atoms with Crippen molar-refractivity contribution in [1.29, 1.82) is 0 Å². The lowest BCUT2D eigenvalue weighted by molar-refractivity contribution is -0.121. The van der Waals surface area contributed by atoms with Crippen LogP contribution in [0.2, 0.25) is 0 Å². The molecule has 2 aromatic carbocycles. The molecule has 0 bridgehead atoms. The molecule has 1 N–H and O–H groups in total. The zero-order valence-corrected chi connectivity index (χ0v) is 16.0. The molecule has 0 spiro atoms. The second-order valence-corrected chi connectivity index (χ2v) is 6.62. The molecule has 0 aliphatic rings. The van der Waals surface area contributed by atoms with Gasteiger partial charge in [-0.1, -0.05) is 37.3 Å². The zero-order chi connectivity index (χ0) is 19.1. The Morgan fingerprint density at radius 2 is 1.85 bits per heavy atom. The van der Waals surface area contributed by atoms with Gasteiger partial charge in [0.1, 0.15) is 11.6 Å². The average molecular weight is 365 g/mol. The number of unbranched alkanes of at least 4 members (excludes halogenated alkanes) is 1. The third-order valence-electron chi connectivity index (χ3n) is 4.56. The maximum Gasteiger partial charge on any atom is 0.220 e. The molecule has 5 nitrogen and oxygen atoms in total. The number of imidazole rings is 1. The topological polar surface area (TPSA) is 56.2 Å². The van der Waals surface area contributed by atoms with Gasteiger partial charge in [-0.2, -0.15) is 0 Å². The molecule has 0 saturated heterocycles. The number of amides is 1. The molecule has 0 fully saturated rings. The second-order valence-electron chi connectivity index (χ2n) is 6.62. The molecule has 5 heteroatoms. The number of ether oxygens (including phenoxy) is 1. The number of fused-ring (bicyclic) bond motifs is 1. The Labute approximate surface area is 160 Å². The highest BCUT2D eigenvalue weighted by Crippen LogP contribution is 2.21. The van der Waals surface area contributed by atoms with Crippen molar-refractivity contribution in [1.82, 2.24) is 14.9 Å². The average Bonchev–Trinajstić information content (AvgIpc) is 3.07. The van der Waals surface area contributed by atoms with Crippen LogP contribution in [0.4, 0.5) is 0 Å². The summed E-state index contributed by atoms with van der Waals surface area (Å²) in [6, 6.07) is 17.9. The second kappa shape index (κ2) is 9.21. The molecule has 27 heavy (non-hydrogen) atoms. The predicted octanol–water partition coefficient (Wildman–Crippen LogP) is 4.48. The molecule has 1 aromatic heterocycles. The maximum atomic E-state index is 11.8. The molecular formula is C22H27N3O2. The van der Waals surface area contributed by atoms with E-state index in [4.69, 9.17) is 9.72 Å². The van der Waals surface area contributed by atoms with Crippen LogP contribution in [0.15, 0.2) is 54.6 Å². The van der Waals surface area contributed by atoms with E-state index in [1.807, 2.05) is 62.4 Å². The quantitative estimate of drug-likeness (QED) is 0.569. The number of carbonyl (C=O) groups excluding carboxylic acids is 1. The summed E-state index contributed by atoms with van der Waals surface area (Å²) in [7, 11) is 0. The van der Waals surface area contributed by atoms with E-state index in [1.165, 1.54) is 0 Å². The van der Waals surface area contributed by atoms with Crippen LogP contribution in [0, 0.1) is 0 Å².